The van der Waals surface area contributed by atoms with E-state index in [4.69, 9.17) is 21.9 Å². The predicted molar refractivity (Wildman–Crippen MR) is 77.8 cm³/mol. The van der Waals surface area contributed by atoms with Gasteiger partial charge in [0.05, 0.1) is 0 Å². The van der Waals surface area contributed by atoms with Crippen LogP contribution in [0, 0.1) is 0 Å². The van der Waals surface area contributed by atoms with Gasteiger partial charge in [0.15, 0.2) is 0 Å². The first kappa shape index (κ1) is 13.4. The molecule has 2 aromatic rings. The van der Waals surface area contributed by atoms with E-state index >= 15 is 0 Å². The molecule has 2 N–H and O–H groups in total. The number of anilines is 1. The normalized spacial score (nSPS) is 17.2. The van der Waals surface area contributed by atoms with Crippen LogP contribution < -0.4 is 10.6 Å². The summed E-state index contributed by atoms with van der Waals surface area (Å²) in [7, 11) is 0. The molecule has 1 atom stereocenters. The number of hydrogen-bond donors (Lipinski definition) is 1. The van der Waals surface area contributed by atoms with Gasteiger partial charge in [-0.2, -0.15) is 4.98 Å². The van der Waals surface area contributed by atoms with Gasteiger partial charge >= 0.3 is 0 Å². The van der Waals surface area contributed by atoms with Gasteiger partial charge in [-0.05, 0) is 36.0 Å². The smallest absolute Gasteiger partial charge is 0.266 e. The minimum absolute atomic E-state index is 0.402. The van der Waals surface area contributed by atoms with E-state index in [0.717, 1.165) is 18.7 Å². The van der Waals surface area contributed by atoms with E-state index in [1.165, 1.54) is 19.3 Å². The Kier molecular flexibility index (Phi) is 3.89. The second-order valence-corrected chi connectivity index (χ2v) is 5.39. The van der Waals surface area contributed by atoms with Crippen LogP contribution in [0.3, 0.4) is 0 Å². The molecule has 0 spiro atoms. The molecule has 1 aliphatic rings. The molecular weight excluding hydrogens is 276 g/mol. The number of aromatic nitrogens is 2. The Hall–Kier alpha value is -1.59. The third-order valence-electron chi connectivity index (χ3n) is 3.58. The van der Waals surface area contributed by atoms with Gasteiger partial charge in [-0.15, -0.1) is 0 Å². The van der Waals surface area contributed by atoms with Gasteiger partial charge in [0, 0.05) is 18.1 Å². The zero-order valence-electron chi connectivity index (χ0n) is 11.1. The highest BCUT2D eigenvalue weighted by Gasteiger charge is 2.22. The van der Waals surface area contributed by atoms with E-state index < -0.39 is 6.04 Å². The van der Waals surface area contributed by atoms with Gasteiger partial charge in [-0.3, -0.25) is 0 Å². The third kappa shape index (κ3) is 2.64. The van der Waals surface area contributed by atoms with Gasteiger partial charge < -0.3 is 15.2 Å². The van der Waals surface area contributed by atoms with Crippen LogP contribution >= 0.6 is 11.6 Å². The molecule has 0 aliphatic carbocycles. The van der Waals surface area contributed by atoms with Crippen molar-refractivity contribution < 1.29 is 4.52 Å². The third-order valence-corrected chi connectivity index (χ3v) is 3.92. The number of halogens is 1. The summed E-state index contributed by atoms with van der Waals surface area (Å²) >= 11 is 6.14. The van der Waals surface area contributed by atoms with Crippen LogP contribution in [-0.2, 0) is 0 Å². The number of benzene rings is 1. The van der Waals surface area contributed by atoms with Crippen molar-refractivity contribution in [2.24, 2.45) is 5.73 Å². The van der Waals surface area contributed by atoms with Crippen molar-refractivity contribution in [2.45, 2.75) is 25.3 Å². The Morgan fingerprint density at radius 3 is 2.70 bits per heavy atom. The lowest BCUT2D eigenvalue weighted by Crippen LogP contribution is -2.30. The Bertz CT molecular complexity index is 580. The van der Waals surface area contributed by atoms with E-state index in [1.807, 2.05) is 18.2 Å². The minimum atomic E-state index is -0.491. The number of nitrogens with two attached hydrogens (primary N) is 1. The molecule has 1 aliphatic heterocycles. The molecule has 20 heavy (non-hydrogen) atoms. The molecule has 2 heterocycles. The summed E-state index contributed by atoms with van der Waals surface area (Å²) in [6.07, 6.45) is 3.60. The molecular formula is C14H17ClN4O. The Morgan fingerprint density at radius 2 is 1.95 bits per heavy atom. The first-order valence-corrected chi connectivity index (χ1v) is 7.22. The molecule has 3 rings (SSSR count). The molecule has 1 fully saturated rings. The first-order chi connectivity index (χ1) is 9.75. The second-order valence-electron chi connectivity index (χ2n) is 4.98. The van der Waals surface area contributed by atoms with Crippen molar-refractivity contribution in [1.82, 2.24) is 10.1 Å². The molecule has 0 amide bonds. The molecule has 0 bridgehead atoms. The highest BCUT2D eigenvalue weighted by molar-refractivity contribution is 6.31. The molecule has 5 nitrogen and oxygen atoms in total. The van der Waals surface area contributed by atoms with Crippen LogP contribution in [0.25, 0.3) is 0 Å². The fourth-order valence-electron chi connectivity index (χ4n) is 2.44. The van der Waals surface area contributed by atoms with Crippen LogP contribution in [0.5, 0.6) is 0 Å². The van der Waals surface area contributed by atoms with Gasteiger partial charge in [0.2, 0.25) is 5.89 Å². The number of piperidine rings is 1. The van der Waals surface area contributed by atoms with Gasteiger partial charge in [-0.1, -0.05) is 29.8 Å². The predicted octanol–water partition coefficient (Wildman–Crippen LogP) is 2.76. The average molecular weight is 293 g/mol. The van der Waals surface area contributed by atoms with E-state index in [9.17, 15) is 0 Å². The summed E-state index contributed by atoms with van der Waals surface area (Å²) in [6, 6.07) is 6.94. The quantitative estimate of drug-likeness (QED) is 0.942. The maximum absolute atomic E-state index is 6.16. The zero-order valence-corrected chi connectivity index (χ0v) is 11.9. The topological polar surface area (TPSA) is 68.2 Å². The molecule has 1 saturated heterocycles. The van der Waals surface area contributed by atoms with E-state index in [1.54, 1.807) is 6.07 Å². The monoisotopic (exact) mass is 292 g/mol. The summed E-state index contributed by atoms with van der Waals surface area (Å²) in [4.78, 5) is 6.55. The van der Waals surface area contributed by atoms with Crippen LogP contribution in [0.4, 0.5) is 5.95 Å². The lowest BCUT2D eigenvalue weighted by molar-refractivity contribution is 0.365. The summed E-state index contributed by atoms with van der Waals surface area (Å²) < 4.78 is 5.30. The van der Waals surface area contributed by atoms with Crippen molar-refractivity contribution in [3.05, 3.63) is 40.7 Å². The summed E-state index contributed by atoms with van der Waals surface area (Å²) in [5.41, 5.74) is 6.96. The van der Waals surface area contributed by atoms with Crippen molar-refractivity contribution in [2.75, 3.05) is 18.0 Å². The number of rotatable bonds is 3. The summed E-state index contributed by atoms with van der Waals surface area (Å²) in [6.45, 7) is 1.95. The summed E-state index contributed by atoms with van der Waals surface area (Å²) in [5.74, 6) is 1.03. The fourth-order valence-corrected chi connectivity index (χ4v) is 2.69. The van der Waals surface area contributed by atoms with E-state index in [2.05, 4.69) is 15.0 Å². The van der Waals surface area contributed by atoms with Crippen molar-refractivity contribution >= 4 is 17.5 Å². The maximum Gasteiger partial charge on any atom is 0.266 e. The van der Waals surface area contributed by atoms with Gasteiger partial charge in [-0.25, -0.2) is 0 Å². The number of hydrogen-bond acceptors (Lipinski definition) is 5. The van der Waals surface area contributed by atoms with Gasteiger partial charge in [0.1, 0.15) is 6.04 Å². The molecule has 106 valence electrons. The standard InChI is InChI=1S/C14H17ClN4O/c15-11-7-3-2-6-10(11)12(16)13-17-14(18-20-13)19-8-4-1-5-9-19/h2-3,6-7,12H,1,4-5,8-9,16H2/t12-/m1/s1. The van der Waals surface area contributed by atoms with Crippen molar-refractivity contribution in [3.8, 4) is 0 Å². The molecule has 1 aromatic carbocycles. The van der Waals surface area contributed by atoms with Crippen LogP contribution in [-0.4, -0.2) is 23.2 Å². The molecule has 0 saturated carbocycles. The second kappa shape index (κ2) is 5.81. The minimum Gasteiger partial charge on any atom is -0.338 e. The zero-order chi connectivity index (χ0) is 13.9. The fraction of sp³-hybridized carbons (Fsp3) is 0.429. The highest BCUT2D eigenvalue weighted by atomic mass is 35.5. The first-order valence-electron chi connectivity index (χ1n) is 6.84. The van der Waals surface area contributed by atoms with E-state index in [0.29, 0.717) is 16.9 Å². The molecule has 6 heteroatoms. The van der Waals surface area contributed by atoms with E-state index in [-0.39, 0.29) is 0 Å². The molecule has 0 unspecified atom stereocenters. The average Bonchev–Trinajstić information content (AvgIpc) is 2.98. The van der Waals surface area contributed by atoms with Crippen molar-refractivity contribution in [1.29, 1.82) is 0 Å². The Labute approximate surface area is 122 Å². The lowest BCUT2D eigenvalue weighted by atomic mass is 10.1. The van der Waals surface area contributed by atoms with Crippen LogP contribution in [0.15, 0.2) is 28.8 Å². The summed E-state index contributed by atoms with van der Waals surface area (Å²) in [5, 5.41) is 4.64. The highest BCUT2D eigenvalue weighted by Crippen LogP contribution is 2.26. The Balaban J connectivity index is 1.81. The molecule has 0 radical (unpaired) electrons. The van der Waals surface area contributed by atoms with Gasteiger partial charge in [0.25, 0.3) is 5.95 Å². The maximum atomic E-state index is 6.16. The molecule has 1 aromatic heterocycles. The number of nitrogens with zero attached hydrogens (tertiary/aromatic N) is 3. The van der Waals surface area contributed by atoms with Crippen LogP contribution in [0.1, 0.15) is 36.8 Å². The van der Waals surface area contributed by atoms with Crippen molar-refractivity contribution in [3.63, 3.8) is 0 Å². The largest absolute Gasteiger partial charge is 0.338 e. The Morgan fingerprint density at radius 1 is 1.20 bits per heavy atom. The SMILES string of the molecule is N[C@@H](c1nc(N2CCCCC2)no1)c1ccccc1Cl. The van der Waals surface area contributed by atoms with Crippen LogP contribution in [0.2, 0.25) is 5.02 Å². The lowest BCUT2D eigenvalue weighted by Gasteiger charge is -2.24.